The zero-order valence-electron chi connectivity index (χ0n) is 27.2. The number of ketones is 2. The molecular formula is C36H42N4O8. The van der Waals surface area contributed by atoms with E-state index in [4.69, 9.17) is 5.73 Å². The Labute approximate surface area is 278 Å². The summed E-state index contributed by atoms with van der Waals surface area (Å²) < 4.78 is 0. The highest BCUT2D eigenvalue weighted by Crippen LogP contribution is 2.53. The van der Waals surface area contributed by atoms with Crippen molar-refractivity contribution in [2.24, 2.45) is 23.5 Å². The number of likely N-dealkylation sites (N-methyl/N-ethyl adjacent to an activating group) is 1. The first kappa shape index (κ1) is 33.4. The SMILES string of the molecule is CN(C)[C@@H]1C(=O)C(C(N)=O)=C(O)[C@@]2(O)C(=O)C3=C(O)c4c(O)c(CNC(=O)c5cccnc5)cc(CCC5CCCCC5)c4C[C@@H]3C[C@H]12. The predicted molar refractivity (Wildman–Crippen MR) is 175 cm³/mol. The Bertz CT molecular complexity index is 1740. The van der Waals surface area contributed by atoms with Gasteiger partial charge in [0, 0.05) is 36.0 Å². The van der Waals surface area contributed by atoms with Gasteiger partial charge in [-0.2, -0.15) is 0 Å². The molecule has 48 heavy (non-hydrogen) atoms. The quantitative estimate of drug-likeness (QED) is 0.229. The van der Waals surface area contributed by atoms with E-state index in [1.54, 1.807) is 32.4 Å². The monoisotopic (exact) mass is 658 g/mol. The molecule has 2 saturated carbocycles. The molecule has 0 aliphatic heterocycles. The molecule has 2 fully saturated rings. The summed E-state index contributed by atoms with van der Waals surface area (Å²) in [5, 5.41) is 49.3. The van der Waals surface area contributed by atoms with Crippen LogP contribution in [0.1, 0.15) is 77.6 Å². The van der Waals surface area contributed by atoms with E-state index < -0.39 is 64.0 Å². The number of primary amides is 1. The number of aliphatic hydroxyl groups excluding tert-OH is 2. The standard InChI is InChI=1S/C36H42N4O8/c1-40(2)28-24-15-21-14-23-19(11-10-18-7-4-3-5-8-18)13-22(17-39-35(47)20-9-6-12-38-16-20)29(41)26(23)30(42)25(21)32(44)36(24,48)33(45)27(31(28)43)34(37)46/h6,9,12-13,16,18,21,24,28,41-42,45,48H,3-5,7-8,10-11,14-15,17H2,1-2H3,(H2,37,46)(H,39,47)/t21-,24-,28+,36+/m1/s1. The van der Waals surface area contributed by atoms with Crippen molar-refractivity contribution in [1.82, 2.24) is 15.2 Å². The van der Waals surface area contributed by atoms with Crippen molar-refractivity contribution in [3.63, 3.8) is 0 Å². The number of aromatic nitrogens is 1. The molecule has 0 saturated heterocycles. The van der Waals surface area contributed by atoms with E-state index in [2.05, 4.69) is 10.3 Å². The molecule has 4 atom stereocenters. The summed E-state index contributed by atoms with van der Waals surface area (Å²) in [6.07, 6.45) is 10.6. The lowest BCUT2D eigenvalue weighted by atomic mass is 9.57. The molecule has 1 heterocycles. The smallest absolute Gasteiger partial charge is 0.255 e. The number of nitrogens with two attached hydrogens (primary N) is 1. The number of phenols is 1. The lowest BCUT2D eigenvalue weighted by Crippen LogP contribution is -2.65. The topological polar surface area (TPSA) is 203 Å². The molecule has 4 aliphatic carbocycles. The summed E-state index contributed by atoms with van der Waals surface area (Å²) in [4.78, 5) is 58.3. The summed E-state index contributed by atoms with van der Waals surface area (Å²) >= 11 is 0. The minimum Gasteiger partial charge on any atom is -0.508 e. The zero-order chi connectivity index (χ0) is 34.5. The number of nitrogens with zero attached hydrogens (tertiary/aromatic N) is 2. The average Bonchev–Trinajstić information content (AvgIpc) is 3.06. The molecule has 7 N–H and O–H groups in total. The maximum Gasteiger partial charge on any atom is 0.255 e. The van der Waals surface area contributed by atoms with Gasteiger partial charge in [-0.25, -0.2) is 0 Å². The second-order valence-electron chi connectivity index (χ2n) is 13.8. The van der Waals surface area contributed by atoms with Crippen molar-refractivity contribution in [3.8, 4) is 5.75 Å². The highest BCUT2D eigenvalue weighted by Gasteiger charge is 2.64. The first-order valence-corrected chi connectivity index (χ1v) is 16.6. The predicted octanol–water partition coefficient (Wildman–Crippen LogP) is 2.80. The number of carbonyl (C=O) groups excluding carboxylic acids is 4. The molecule has 1 aromatic heterocycles. The fraction of sp³-hybridized carbons (Fsp3) is 0.472. The Hall–Kier alpha value is -4.55. The number of hydrogen-bond donors (Lipinski definition) is 6. The van der Waals surface area contributed by atoms with Gasteiger partial charge in [0.05, 0.1) is 17.2 Å². The molecule has 1 aromatic carbocycles. The number of hydrogen-bond acceptors (Lipinski definition) is 10. The number of phenolic OH excluding ortho intramolecular Hbond substituents is 1. The van der Waals surface area contributed by atoms with Crippen molar-refractivity contribution in [3.05, 3.63) is 75.3 Å². The highest BCUT2D eigenvalue weighted by molar-refractivity contribution is 6.24. The Balaban J connectivity index is 1.45. The third-order valence-corrected chi connectivity index (χ3v) is 10.8. The number of aryl methyl sites for hydroxylation is 1. The van der Waals surface area contributed by atoms with Crippen LogP contribution in [0.25, 0.3) is 5.76 Å². The molecule has 6 rings (SSSR count). The fourth-order valence-corrected chi connectivity index (χ4v) is 8.42. The number of aliphatic hydroxyl groups is 3. The Kier molecular flexibility index (Phi) is 8.90. The number of aromatic hydroxyl groups is 1. The van der Waals surface area contributed by atoms with Gasteiger partial charge in [0.25, 0.3) is 11.8 Å². The van der Waals surface area contributed by atoms with Crippen molar-refractivity contribution < 1.29 is 39.6 Å². The molecule has 0 spiro atoms. The van der Waals surface area contributed by atoms with Crippen molar-refractivity contribution in [2.45, 2.75) is 76.0 Å². The van der Waals surface area contributed by atoms with Gasteiger partial charge < -0.3 is 31.5 Å². The molecule has 0 radical (unpaired) electrons. The Morgan fingerprint density at radius 3 is 2.48 bits per heavy atom. The molecule has 0 bridgehead atoms. The zero-order valence-corrected chi connectivity index (χ0v) is 27.2. The Morgan fingerprint density at radius 2 is 1.83 bits per heavy atom. The van der Waals surface area contributed by atoms with Crippen LogP contribution in [0.15, 0.2) is 47.5 Å². The van der Waals surface area contributed by atoms with Crippen LogP contribution in [0, 0.1) is 17.8 Å². The third-order valence-electron chi connectivity index (χ3n) is 10.8. The number of carbonyl (C=O) groups is 4. The second-order valence-corrected chi connectivity index (χ2v) is 13.8. The van der Waals surface area contributed by atoms with Crippen LogP contribution in [0.4, 0.5) is 0 Å². The van der Waals surface area contributed by atoms with E-state index in [9.17, 15) is 39.6 Å². The molecule has 12 nitrogen and oxygen atoms in total. The van der Waals surface area contributed by atoms with Gasteiger partial charge in [-0.1, -0.05) is 38.2 Å². The number of fused-ring (bicyclic) bond motifs is 3. The molecule has 12 heteroatoms. The summed E-state index contributed by atoms with van der Waals surface area (Å²) in [5.41, 5.74) is 3.92. The maximum atomic E-state index is 14.3. The molecule has 254 valence electrons. The minimum atomic E-state index is -2.71. The van der Waals surface area contributed by atoms with Gasteiger partial charge in [-0.3, -0.25) is 29.1 Å². The molecule has 2 amide bonds. The summed E-state index contributed by atoms with van der Waals surface area (Å²) in [6.45, 7) is -0.0760. The number of pyridine rings is 1. The van der Waals surface area contributed by atoms with Crippen molar-refractivity contribution >= 4 is 29.1 Å². The molecule has 2 aromatic rings. The van der Waals surface area contributed by atoms with E-state index in [0.29, 0.717) is 29.0 Å². The van der Waals surface area contributed by atoms with Gasteiger partial charge in [-0.05, 0) is 74.9 Å². The summed E-state index contributed by atoms with van der Waals surface area (Å²) in [5.74, 6) is -6.76. The van der Waals surface area contributed by atoms with Gasteiger partial charge in [0.2, 0.25) is 5.78 Å². The van der Waals surface area contributed by atoms with Crippen LogP contribution < -0.4 is 11.1 Å². The van der Waals surface area contributed by atoms with Crippen molar-refractivity contribution in [1.29, 1.82) is 0 Å². The number of amides is 2. The van der Waals surface area contributed by atoms with Crippen LogP contribution in [-0.4, -0.2) is 79.4 Å². The van der Waals surface area contributed by atoms with E-state index in [1.165, 1.54) is 30.4 Å². The largest absolute Gasteiger partial charge is 0.508 e. The van der Waals surface area contributed by atoms with Gasteiger partial charge in [0.15, 0.2) is 11.4 Å². The average molecular weight is 659 g/mol. The second kappa shape index (κ2) is 12.8. The van der Waals surface area contributed by atoms with E-state index in [1.807, 2.05) is 6.07 Å². The van der Waals surface area contributed by atoms with E-state index in [0.717, 1.165) is 24.8 Å². The number of Topliss-reactive ketones (excluding diaryl/α,β-unsaturated/α-hetero) is 2. The van der Waals surface area contributed by atoms with Crippen LogP contribution >= 0.6 is 0 Å². The highest BCUT2D eigenvalue weighted by atomic mass is 16.3. The molecule has 0 unspecified atom stereocenters. The molecule has 4 aliphatic rings. The normalized spacial score (nSPS) is 25.9. The Morgan fingerprint density at radius 1 is 1.10 bits per heavy atom. The van der Waals surface area contributed by atoms with E-state index >= 15 is 0 Å². The van der Waals surface area contributed by atoms with Gasteiger partial charge >= 0.3 is 0 Å². The lowest BCUT2D eigenvalue weighted by Gasteiger charge is -2.50. The third kappa shape index (κ3) is 5.46. The van der Waals surface area contributed by atoms with Gasteiger partial charge in [-0.15, -0.1) is 0 Å². The van der Waals surface area contributed by atoms with Gasteiger partial charge in [0.1, 0.15) is 22.8 Å². The van der Waals surface area contributed by atoms with Crippen LogP contribution in [-0.2, 0) is 33.8 Å². The summed E-state index contributed by atoms with van der Waals surface area (Å²) in [7, 11) is 3.15. The first-order valence-electron chi connectivity index (χ1n) is 16.6. The van der Waals surface area contributed by atoms with Crippen molar-refractivity contribution in [2.75, 3.05) is 14.1 Å². The van der Waals surface area contributed by atoms with Crippen LogP contribution in [0.5, 0.6) is 5.75 Å². The minimum absolute atomic E-state index is 0.0253. The van der Waals surface area contributed by atoms with E-state index in [-0.39, 0.29) is 36.3 Å². The number of nitrogens with one attached hydrogen (secondary N) is 1. The number of rotatable bonds is 8. The number of benzene rings is 1. The fourth-order valence-electron chi connectivity index (χ4n) is 8.42. The first-order chi connectivity index (χ1) is 22.9. The molecular weight excluding hydrogens is 616 g/mol. The van der Waals surface area contributed by atoms with Crippen LogP contribution in [0.3, 0.4) is 0 Å². The maximum absolute atomic E-state index is 14.3. The lowest BCUT2D eigenvalue weighted by molar-refractivity contribution is -0.153. The summed E-state index contributed by atoms with van der Waals surface area (Å²) in [6, 6.07) is 3.95. The van der Waals surface area contributed by atoms with Crippen LogP contribution in [0.2, 0.25) is 0 Å².